The van der Waals surface area contributed by atoms with Crippen molar-refractivity contribution in [2.75, 3.05) is 7.11 Å². The third kappa shape index (κ3) is 2.10. The van der Waals surface area contributed by atoms with Crippen molar-refractivity contribution in [3.63, 3.8) is 0 Å². The fraction of sp³-hybridized carbons (Fsp3) is 0.125. The highest BCUT2D eigenvalue weighted by Gasteiger charge is 2.27. The molecule has 1 unspecified atom stereocenters. The zero-order valence-electron chi connectivity index (χ0n) is 10.8. The lowest BCUT2D eigenvalue weighted by Gasteiger charge is -2.18. The molecule has 0 radical (unpaired) electrons. The normalized spacial score (nSPS) is 16.9. The van der Waals surface area contributed by atoms with E-state index in [1.165, 1.54) is 0 Å². The molecule has 1 aliphatic rings. The molecule has 0 spiro atoms. The molecule has 0 amide bonds. The Kier molecular flexibility index (Phi) is 3.28. The second kappa shape index (κ2) is 5.10. The third-order valence-electron chi connectivity index (χ3n) is 3.34. The SMILES string of the molecule is COc1cccc(C2C=Nc3c(Cl)cccc3C2=O)c1. The zero-order chi connectivity index (χ0) is 14.1. The van der Waals surface area contributed by atoms with E-state index in [2.05, 4.69) is 4.99 Å². The van der Waals surface area contributed by atoms with Crippen LogP contribution in [0.4, 0.5) is 5.69 Å². The van der Waals surface area contributed by atoms with Gasteiger partial charge in [-0.05, 0) is 29.8 Å². The van der Waals surface area contributed by atoms with Gasteiger partial charge in [0.2, 0.25) is 0 Å². The van der Waals surface area contributed by atoms with Gasteiger partial charge in [-0.15, -0.1) is 0 Å². The molecule has 0 bridgehead atoms. The molecule has 0 fully saturated rings. The number of fused-ring (bicyclic) bond motifs is 1. The van der Waals surface area contributed by atoms with Crippen molar-refractivity contribution in [3.8, 4) is 5.75 Å². The molecule has 100 valence electrons. The summed E-state index contributed by atoms with van der Waals surface area (Å²) < 4.78 is 5.19. The second-order valence-electron chi connectivity index (χ2n) is 4.53. The van der Waals surface area contributed by atoms with Gasteiger partial charge in [-0.3, -0.25) is 9.79 Å². The van der Waals surface area contributed by atoms with Crippen LogP contribution in [0, 0.1) is 0 Å². The average molecular weight is 286 g/mol. The van der Waals surface area contributed by atoms with E-state index in [9.17, 15) is 4.79 Å². The fourth-order valence-electron chi connectivity index (χ4n) is 2.30. The van der Waals surface area contributed by atoms with Gasteiger partial charge in [0.15, 0.2) is 5.78 Å². The second-order valence-corrected chi connectivity index (χ2v) is 4.94. The van der Waals surface area contributed by atoms with Crippen molar-refractivity contribution in [2.45, 2.75) is 5.92 Å². The summed E-state index contributed by atoms with van der Waals surface area (Å²) >= 11 is 6.06. The average Bonchev–Trinajstić information content (AvgIpc) is 2.48. The van der Waals surface area contributed by atoms with E-state index in [-0.39, 0.29) is 5.78 Å². The Labute approximate surface area is 121 Å². The first-order valence-corrected chi connectivity index (χ1v) is 6.59. The van der Waals surface area contributed by atoms with Crippen LogP contribution in [0.2, 0.25) is 5.02 Å². The minimum atomic E-state index is -0.393. The van der Waals surface area contributed by atoms with E-state index in [4.69, 9.17) is 16.3 Å². The van der Waals surface area contributed by atoms with Gasteiger partial charge in [0, 0.05) is 11.8 Å². The molecule has 0 N–H and O–H groups in total. The van der Waals surface area contributed by atoms with Crippen LogP contribution in [0.25, 0.3) is 0 Å². The summed E-state index contributed by atoms with van der Waals surface area (Å²) in [6.45, 7) is 0. The largest absolute Gasteiger partial charge is 0.497 e. The number of hydrogen-bond donors (Lipinski definition) is 0. The van der Waals surface area contributed by atoms with Crippen LogP contribution in [0.3, 0.4) is 0 Å². The molecular formula is C16H12ClNO2. The lowest BCUT2D eigenvalue weighted by Crippen LogP contribution is -2.17. The van der Waals surface area contributed by atoms with Crippen LogP contribution in [0.5, 0.6) is 5.75 Å². The Morgan fingerprint density at radius 1 is 1.20 bits per heavy atom. The molecule has 0 aliphatic carbocycles. The molecule has 4 heteroatoms. The molecule has 2 aromatic carbocycles. The smallest absolute Gasteiger partial charge is 0.177 e. The monoisotopic (exact) mass is 285 g/mol. The van der Waals surface area contributed by atoms with Gasteiger partial charge < -0.3 is 4.74 Å². The Hall–Kier alpha value is -2.13. The summed E-state index contributed by atoms with van der Waals surface area (Å²) in [5.74, 6) is 0.336. The van der Waals surface area contributed by atoms with Crippen molar-refractivity contribution in [2.24, 2.45) is 4.99 Å². The van der Waals surface area contributed by atoms with Crippen LogP contribution < -0.4 is 4.74 Å². The molecule has 0 saturated heterocycles. The van der Waals surface area contributed by atoms with Gasteiger partial charge in [-0.1, -0.05) is 29.8 Å². The third-order valence-corrected chi connectivity index (χ3v) is 3.65. The van der Waals surface area contributed by atoms with E-state index in [1.54, 1.807) is 31.5 Å². The molecule has 1 aliphatic heterocycles. The van der Waals surface area contributed by atoms with E-state index < -0.39 is 5.92 Å². The van der Waals surface area contributed by atoms with E-state index in [0.29, 0.717) is 16.3 Å². The van der Waals surface area contributed by atoms with Crippen molar-refractivity contribution < 1.29 is 9.53 Å². The maximum Gasteiger partial charge on any atom is 0.177 e. The summed E-state index contributed by atoms with van der Waals surface area (Å²) in [6.07, 6.45) is 1.64. The summed E-state index contributed by atoms with van der Waals surface area (Å²) in [5, 5.41) is 0.496. The number of hydrogen-bond acceptors (Lipinski definition) is 3. The summed E-state index contributed by atoms with van der Waals surface area (Å²) in [4.78, 5) is 16.9. The number of ether oxygens (including phenoxy) is 1. The predicted molar refractivity (Wildman–Crippen MR) is 79.7 cm³/mol. The Morgan fingerprint density at radius 3 is 2.80 bits per heavy atom. The number of methoxy groups -OCH3 is 1. The van der Waals surface area contributed by atoms with Crippen LogP contribution in [-0.2, 0) is 0 Å². The molecule has 3 nitrogen and oxygen atoms in total. The van der Waals surface area contributed by atoms with Crippen LogP contribution in [-0.4, -0.2) is 19.1 Å². The van der Waals surface area contributed by atoms with Crippen molar-refractivity contribution >= 4 is 29.3 Å². The number of carbonyl (C=O) groups is 1. The maximum absolute atomic E-state index is 12.6. The van der Waals surface area contributed by atoms with Gasteiger partial charge >= 0.3 is 0 Å². The number of carbonyl (C=O) groups excluding carboxylic acids is 1. The molecule has 0 aromatic heterocycles. The van der Waals surface area contributed by atoms with Crippen LogP contribution in [0.15, 0.2) is 47.5 Å². The summed E-state index contributed by atoms with van der Waals surface area (Å²) in [5.41, 5.74) is 1.98. The zero-order valence-corrected chi connectivity index (χ0v) is 11.6. The van der Waals surface area contributed by atoms with E-state index in [0.717, 1.165) is 11.3 Å². The summed E-state index contributed by atoms with van der Waals surface area (Å²) in [7, 11) is 1.60. The number of para-hydroxylation sites is 1. The minimum absolute atomic E-state index is 0.00533. The van der Waals surface area contributed by atoms with Gasteiger partial charge in [-0.2, -0.15) is 0 Å². The van der Waals surface area contributed by atoms with Gasteiger partial charge in [0.1, 0.15) is 5.75 Å². The number of ketones is 1. The first-order chi connectivity index (χ1) is 9.70. The van der Waals surface area contributed by atoms with E-state index >= 15 is 0 Å². The Bertz CT molecular complexity index is 709. The van der Waals surface area contributed by atoms with Gasteiger partial charge in [-0.25, -0.2) is 0 Å². The first-order valence-electron chi connectivity index (χ1n) is 6.21. The molecule has 1 heterocycles. The number of halogens is 1. The molecule has 1 atom stereocenters. The maximum atomic E-state index is 12.6. The number of nitrogens with zero attached hydrogens (tertiary/aromatic N) is 1. The molecule has 2 aromatic rings. The molecule has 3 rings (SSSR count). The van der Waals surface area contributed by atoms with Crippen LogP contribution in [0.1, 0.15) is 21.8 Å². The van der Waals surface area contributed by atoms with Crippen molar-refractivity contribution in [1.29, 1.82) is 0 Å². The lowest BCUT2D eigenvalue weighted by atomic mass is 9.89. The first kappa shape index (κ1) is 12.9. The highest BCUT2D eigenvalue weighted by Crippen LogP contribution is 2.36. The van der Waals surface area contributed by atoms with Crippen molar-refractivity contribution in [3.05, 3.63) is 58.6 Å². The number of benzene rings is 2. The van der Waals surface area contributed by atoms with Gasteiger partial charge in [0.25, 0.3) is 0 Å². The number of Topliss-reactive ketones (excluding diaryl/α,β-unsaturated/α-hetero) is 1. The van der Waals surface area contributed by atoms with Crippen LogP contribution >= 0.6 is 11.6 Å². The summed E-state index contributed by atoms with van der Waals surface area (Å²) in [6, 6.07) is 12.7. The number of rotatable bonds is 2. The quantitative estimate of drug-likeness (QED) is 0.835. The molecule has 20 heavy (non-hydrogen) atoms. The lowest BCUT2D eigenvalue weighted by molar-refractivity contribution is 0.0983. The standard InChI is InChI=1S/C16H12ClNO2/c1-20-11-5-2-4-10(8-11)13-9-18-15-12(16(13)19)6-3-7-14(15)17/h2-9,13H,1H3. The van der Waals surface area contributed by atoms with E-state index in [1.807, 2.05) is 24.3 Å². The highest BCUT2D eigenvalue weighted by molar-refractivity contribution is 6.34. The Balaban J connectivity index is 2.05. The molecular weight excluding hydrogens is 274 g/mol. The van der Waals surface area contributed by atoms with Crippen molar-refractivity contribution in [1.82, 2.24) is 0 Å². The Morgan fingerprint density at radius 2 is 2.00 bits per heavy atom. The minimum Gasteiger partial charge on any atom is -0.497 e. The fourth-order valence-corrected chi connectivity index (χ4v) is 2.53. The highest BCUT2D eigenvalue weighted by atomic mass is 35.5. The molecule has 0 saturated carbocycles. The number of aliphatic imine (C=N–C) groups is 1. The predicted octanol–water partition coefficient (Wildman–Crippen LogP) is 4.03. The van der Waals surface area contributed by atoms with Gasteiger partial charge in [0.05, 0.1) is 23.7 Å². The topological polar surface area (TPSA) is 38.7 Å².